The number of anilines is 1. The number of hydrogen-bond acceptors (Lipinski definition) is 5. The average Bonchev–Trinajstić information content (AvgIpc) is 3.37. The van der Waals surface area contributed by atoms with E-state index in [2.05, 4.69) is 15.5 Å². The lowest BCUT2D eigenvalue weighted by molar-refractivity contribution is -0.113. The summed E-state index contributed by atoms with van der Waals surface area (Å²) in [7, 11) is 0. The molecule has 0 fully saturated rings. The van der Waals surface area contributed by atoms with Crippen LogP contribution in [0.25, 0.3) is 11.4 Å². The van der Waals surface area contributed by atoms with Crippen LogP contribution >= 0.6 is 35.0 Å². The number of aromatic nitrogens is 3. The van der Waals surface area contributed by atoms with Gasteiger partial charge in [0.2, 0.25) is 5.91 Å². The quantitative estimate of drug-likeness (QED) is 0.363. The van der Waals surface area contributed by atoms with Crippen LogP contribution in [0.1, 0.15) is 5.76 Å². The Balaban J connectivity index is 1.52. The van der Waals surface area contributed by atoms with Gasteiger partial charge in [0.15, 0.2) is 11.0 Å². The van der Waals surface area contributed by atoms with Gasteiger partial charge in [-0.2, -0.15) is 0 Å². The van der Waals surface area contributed by atoms with Gasteiger partial charge in [0.05, 0.1) is 18.6 Å². The number of thioether (sulfide) groups is 1. The summed E-state index contributed by atoms with van der Waals surface area (Å²) in [6.45, 7) is 0.456. The highest BCUT2D eigenvalue weighted by atomic mass is 35.5. The van der Waals surface area contributed by atoms with Gasteiger partial charge < -0.3 is 9.73 Å². The number of benzene rings is 2. The first-order valence-electron chi connectivity index (χ1n) is 8.98. The third kappa shape index (κ3) is 5.05. The normalized spacial score (nSPS) is 10.9. The van der Waals surface area contributed by atoms with Crippen molar-refractivity contribution in [3.8, 4) is 11.4 Å². The molecular formula is C21H16Cl2N4O2S. The molecule has 0 saturated heterocycles. The van der Waals surface area contributed by atoms with Gasteiger partial charge in [0.1, 0.15) is 5.76 Å². The number of hydrogen-bond donors (Lipinski definition) is 1. The lowest BCUT2D eigenvalue weighted by atomic mass is 10.2. The third-order valence-electron chi connectivity index (χ3n) is 4.12. The minimum atomic E-state index is -0.202. The molecule has 0 aliphatic carbocycles. The molecule has 0 bridgehead atoms. The molecule has 0 spiro atoms. The summed E-state index contributed by atoms with van der Waals surface area (Å²) in [5, 5.41) is 12.9. The second-order valence-corrected chi connectivity index (χ2v) is 8.15. The van der Waals surface area contributed by atoms with Crippen LogP contribution in [0, 0.1) is 0 Å². The molecule has 4 rings (SSSR count). The van der Waals surface area contributed by atoms with Crippen molar-refractivity contribution in [1.82, 2.24) is 14.8 Å². The number of rotatable bonds is 7. The topological polar surface area (TPSA) is 73.0 Å². The largest absolute Gasteiger partial charge is 0.467 e. The first kappa shape index (κ1) is 20.5. The van der Waals surface area contributed by atoms with E-state index in [1.807, 2.05) is 47.0 Å². The summed E-state index contributed by atoms with van der Waals surface area (Å²) in [5.74, 6) is 1.42. The van der Waals surface area contributed by atoms with E-state index in [-0.39, 0.29) is 11.7 Å². The zero-order chi connectivity index (χ0) is 20.9. The number of furan rings is 1. The minimum absolute atomic E-state index is 0.148. The highest BCUT2D eigenvalue weighted by Crippen LogP contribution is 2.26. The van der Waals surface area contributed by atoms with Crippen molar-refractivity contribution in [2.75, 3.05) is 11.1 Å². The molecule has 0 unspecified atom stereocenters. The van der Waals surface area contributed by atoms with E-state index >= 15 is 0 Å². The molecule has 2 aromatic carbocycles. The molecule has 30 heavy (non-hydrogen) atoms. The highest BCUT2D eigenvalue weighted by molar-refractivity contribution is 7.99. The van der Waals surface area contributed by atoms with E-state index in [4.69, 9.17) is 27.6 Å². The summed E-state index contributed by atoms with van der Waals surface area (Å²) >= 11 is 13.3. The Morgan fingerprint density at radius 2 is 1.80 bits per heavy atom. The van der Waals surface area contributed by atoms with Crippen LogP contribution in [0.5, 0.6) is 0 Å². The summed E-state index contributed by atoms with van der Waals surface area (Å²) in [6, 6.07) is 18.4. The lowest BCUT2D eigenvalue weighted by Gasteiger charge is -2.09. The highest BCUT2D eigenvalue weighted by Gasteiger charge is 2.17. The second-order valence-electron chi connectivity index (χ2n) is 6.33. The van der Waals surface area contributed by atoms with Gasteiger partial charge in [-0.05, 0) is 30.3 Å². The standard InChI is InChI=1S/C21H16Cl2N4O2S/c22-15-9-16(23)11-17(10-15)24-19(28)13-30-21-26-25-20(14-5-2-1-3-6-14)27(21)12-18-7-4-8-29-18/h1-11H,12-13H2,(H,24,28). The van der Waals surface area contributed by atoms with Crippen LogP contribution in [0.3, 0.4) is 0 Å². The zero-order valence-electron chi connectivity index (χ0n) is 15.6. The number of halogens is 2. The van der Waals surface area contributed by atoms with Crippen molar-refractivity contribution in [3.05, 3.63) is 82.7 Å². The maximum atomic E-state index is 12.4. The fourth-order valence-corrected chi connectivity index (χ4v) is 4.11. The van der Waals surface area contributed by atoms with Crippen molar-refractivity contribution >= 4 is 46.6 Å². The Labute approximate surface area is 187 Å². The molecule has 0 aliphatic heterocycles. The van der Waals surface area contributed by atoms with Gasteiger partial charge in [-0.15, -0.1) is 10.2 Å². The SMILES string of the molecule is O=C(CSc1nnc(-c2ccccc2)n1Cc1ccco1)Nc1cc(Cl)cc(Cl)c1. The van der Waals surface area contributed by atoms with Gasteiger partial charge in [-0.3, -0.25) is 9.36 Å². The van der Waals surface area contributed by atoms with Crippen LogP contribution in [0.2, 0.25) is 10.0 Å². The first-order chi connectivity index (χ1) is 14.6. The number of carbonyl (C=O) groups is 1. The molecule has 4 aromatic rings. The molecule has 0 aliphatic rings. The fourth-order valence-electron chi connectivity index (χ4n) is 2.85. The molecule has 1 N–H and O–H groups in total. The molecule has 2 heterocycles. The van der Waals surface area contributed by atoms with Crippen molar-refractivity contribution < 1.29 is 9.21 Å². The molecule has 6 nitrogen and oxygen atoms in total. The molecule has 0 radical (unpaired) electrons. The van der Waals surface area contributed by atoms with Crippen LogP contribution in [0.4, 0.5) is 5.69 Å². The van der Waals surface area contributed by atoms with Gasteiger partial charge in [0, 0.05) is 21.3 Å². The summed E-state index contributed by atoms with van der Waals surface area (Å²) in [5.41, 5.74) is 1.47. The number of carbonyl (C=O) groups excluding carboxylic acids is 1. The van der Waals surface area contributed by atoms with E-state index < -0.39 is 0 Å². The van der Waals surface area contributed by atoms with E-state index in [0.717, 1.165) is 11.3 Å². The van der Waals surface area contributed by atoms with Crippen molar-refractivity contribution in [3.63, 3.8) is 0 Å². The smallest absolute Gasteiger partial charge is 0.234 e. The molecular weight excluding hydrogens is 443 g/mol. The monoisotopic (exact) mass is 458 g/mol. The van der Waals surface area contributed by atoms with Gasteiger partial charge >= 0.3 is 0 Å². The van der Waals surface area contributed by atoms with Crippen LogP contribution in [-0.4, -0.2) is 26.4 Å². The Hall–Kier alpha value is -2.74. The van der Waals surface area contributed by atoms with Gasteiger partial charge in [-0.25, -0.2) is 0 Å². The van der Waals surface area contributed by atoms with Crippen LogP contribution in [0.15, 0.2) is 76.5 Å². The van der Waals surface area contributed by atoms with Crippen LogP contribution < -0.4 is 5.32 Å². The number of nitrogens with one attached hydrogen (secondary N) is 1. The predicted octanol–water partition coefficient (Wildman–Crippen LogP) is 5.62. The summed E-state index contributed by atoms with van der Waals surface area (Å²) in [6.07, 6.45) is 1.62. The summed E-state index contributed by atoms with van der Waals surface area (Å²) in [4.78, 5) is 12.4. The molecule has 152 valence electrons. The molecule has 2 aromatic heterocycles. The van der Waals surface area contributed by atoms with E-state index in [9.17, 15) is 4.79 Å². The van der Waals surface area contributed by atoms with Gasteiger partial charge in [0.25, 0.3) is 0 Å². The van der Waals surface area contributed by atoms with E-state index in [0.29, 0.717) is 33.3 Å². The number of amides is 1. The Morgan fingerprint density at radius 3 is 2.50 bits per heavy atom. The average molecular weight is 459 g/mol. The maximum absolute atomic E-state index is 12.4. The molecule has 0 saturated carbocycles. The molecule has 9 heteroatoms. The minimum Gasteiger partial charge on any atom is -0.467 e. The maximum Gasteiger partial charge on any atom is 0.234 e. The fraction of sp³-hybridized carbons (Fsp3) is 0.0952. The van der Waals surface area contributed by atoms with E-state index in [1.54, 1.807) is 24.5 Å². The Kier molecular flexibility index (Phi) is 6.42. The van der Waals surface area contributed by atoms with Crippen molar-refractivity contribution in [2.45, 2.75) is 11.7 Å². The van der Waals surface area contributed by atoms with Crippen molar-refractivity contribution in [2.24, 2.45) is 0 Å². The van der Waals surface area contributed by atoms with E-state index in [1.165, 1.54) is 11.8 Å². The Bertz CT molecular complexity index is 1130. The molecule has 1 amide bonds. The number of nitrogens with zero attached hydrogens (tertiary/aromatic N) is 3. The third-order valence-corrected chi connectivity index (χ3v) is 5.52. The lowest BCUT2D eigenvalue weighted by Crippen LogP contribution is -2.14. The van der Waals surface area contributed by atoms with Gasteiger partial charge in [-0.1, -0.05) is 65.3 Å². The first-order valence-corrected chi connectivity index (χ1v) is 10.7. The zero-order valence-corrected chi connectivity index (χ0v) is 17.9. The van der Waals surface area contributed by atoms with Crippen molar-refractivity contribution in [1.29, 1.82) is 0 Å². The van der Waals surface area contributed by atoms with Crippen LogP contribution in [-0.2, 0) is 11.3 Å². The Morgan fingerprint density at radius 1 is 1.03 bits per heavy atom. The summed E-state index contributed by atoms with van der Waals surface area (Å²) < 4.78 is 7.42. The second kappa shape index (κ2) is 9.38. The molecule has 0 atom stereocenters. The predicted molar refractivity (Wildman–Crippen MR) is 119 cm³/mol.